The van der Waals surface area contributed by atoms with Crippen molar-refractivity contribution in [1.29, 1.82) is 0 Å². The average Bonchev–Trinajstić information content (AvgIpc) is 3.28. The Kier molecular flexibility index (Phi) is 5.13. The van der Waals surface area contributed by atoms with E-state index < -0.39 is 0 Å². The molecule has 0 aliphatic carbocycles. The standard InChI is InChI=1S/C18H15ClN2O2S/c1-12(15-9-20-11-21-15)17(16-7-4-8-24-16)18(22)23-10-13-5-2-3-6-14(13)19/h2-9,11H,10H2,1H3,(H,20,21). The van der Waals surface area contributed by atoms with Gasteiger partial charge in [0.05, 0.1) is 23.8 Å². The van der Waals surface area contributed by atoms with Crippen LogP contribution in [-0.4, -0.2) is 15.9 Å². The van der Waals surface area contributed by atoms with Crippen LogP contribution in [-0.2, 0) is 16.1 Å². The van der Waals surface area contributed by atoms with Gasteiger partial charge in [0, 0.05) is 15.5 Å². The van der Waals surface area contributed by atoms with Crippen LogP contribution in [0.1, 0.15) is 23.1 Å². The van der Waals surface area contributed by atoms with Crippen molar-refractivity contribution in [3.8, 4) is 0 Å². The summed E-state index contributed by atoms with van der Waals surface area (Å²) in [6, 6.07) is 11.1. The van der Waals surface area contributed by atoms with E-state index in [4.69, 9.17) is 16.3 Å². The van der Waals surface area contributed by atoms with Gasteiger partial charge in [0.15, 0.2) is 0 Å². The maximum absolute atomic E-state index is 12.7. The van der Waals surface area contributed by atoms with Gasteiger partial charge in [0.1, 0.15) is 6.61 Å². The van der Waals surface area contributed by atoms with E-state index >= 15 is 0 Å². The summed E-state index contributed by atoms with van der Waals surface area (Å²) in [5, 5.41) is 2.51. The number of allylic oxidation sites excluding steroid dienone is 1. The molecule has 0 aliphatic rings. The van der Waals surface area contributed by atoms with Gasteiger partial charge in [0.25, 0.3) is 0 Å². The molecule has 0 saturated carbocycles. The van der Waals surface area contributed by atoms with Crippen molar-refractivity contribution in [3.05, 3.63) is 75.5 Å². The van der Waals surface area contributed by atoms with Crippen LogP contribution in [0, 0.1) is 0 Å². The summed E-state index contributed by atoms with van der Waals surface area (Å²) < 4.78 is 5.51. The summed E-state index contributed by atoms with van der Waals surface area (Å²) in [5.41, 5.74) is 2.88. The summed E-state index contributed by atoms with van der Waals surface area (Å²) in [6.07, 6.45) is 3.27. The zero-order valence-corrected chi connectivity index (χ0v) is 14.5. The monoisotopic (exact) mass is 358 g/mol. The van der Waals surface area contributed by atoms with Crippen molar-refractivity contribution in [2.24, 2.45) is 0 Å². The van der Waals surface area contributed by atoms with Gasteiger partial charge in [-0.3, -0.25) is 0 Å². The number of imidazole rings is 1. The van der Waals surface area contributed by atoms with Crippen LogP contribution in [0.15, 0.2) is 54.3 Å². The summed E-state index contributed by atoms with van der Waals surface area (Å²) in [6.45, 7) is 2.00. The lowest BCUT2D eigenvalue weighted by Crippen LogP contribution is -2.08. The second-order valence-corrected chi connectivity index (χ2v) is 6.47. The van der Waals surface area contributed by atoms with Crippen molar-refractivity contribution in [2.75, 3.05) is 0 Å². The molecule has 6 heteroatoms. The first-order valence-electron chi connectivity index (χ1n) is 7.31. The molecule has 0 radical (unpaired) electrons. The number of aromatic nitrogens is 2. The number of H-pyrrole nitrogens is 1. The van der Waals surface area contributed by atoms with Crippen molar-refractivity contribution in [2.45, 2.75) is 13.5 Å². The molecule has 0 spiro atoms. The Morgan fingerprint density at radius 3 is 2.79 bits per heavy atom. The van der Waals surface area contributed by atoms with Crippen LogP contribution in [0.2, 0.25) is 5.02 Å². The van der Waals surface area contributed by atoms with E-state index in [-0.39, 0.29) is 12.6 Å². The molecule has 3 aromatic rings. The number of esters is 1. The Balaban J connectivity index is 1.88. The zero-order valence-electron chi connectivity index (χ0n) is 13.0. The number of aromatic amines is 1. The second-order valence-electron chi connectivity index (χ2n) is 5.11. The van der Waals surface area contributed by atoms with E-state index in [2.05, 4.69) is 9.97 Å². The molecule has 3 rings (SSSR count). The van der Waals surface area contributed by atoms with E-state index in [0.717, 1.165) is 21.7 Å². The third kappa shape index (κ3) is 3.58. The predicted octanol–water partition coefficient (Wildman–Crippen LogP) is 4.80. The first-order valence-corrected chi connectivity index (χ1v) is 8.56. The highest BCUT2D eigenvalue weighted by Crippen LogP contribution is 2.29. The molecule has 1 N–H and O–H groups in total. The lowest BCUT2D eigenvalue weighted by atomic mass is 10.1. The first-order chi connectivity index (χ1) is 11.7. The number of hydrogen-bond acceptors (Lipinski definition) is 4. The highest BCUT2D eigenvalue weighted by Gasteiger charge is 2.20. The fraction of sp³-hybridized carbons (Fsp3) is 0.111. The molecule has 122 valence electrons. The van der Waals surface area contributed by atoms with Gasteiger partial charge in [-0.15, -0.1) is 11.3 Å². The number of nitrogens with one attached hydrogen (secondary N) is 1. The van der Waals surface area contributed by atoms with E-state index in [1.807, 2.05) is 42.6 Å². The predicted molar refractivity (Wildman–Crippen MR) is 96.6 cm³/mol. The molecular formula is C18H15ClN2O2S. The summed E-state index contributed by atoms with van der Waals surface area (Å²) in [5.74, 6) is -0.385. The van der Waals surface area contributed by atoms with Crippen LogP contribution < -0.4 is 0 Å². The van der Waals surface area contributed by atoms with Crippen LogP contribution in [0.5, 0.6) is 0 Å². The molecular weight excluding hydrogens is 344 g/mol. The molecule has 4 nitrogen and oxygen atoms in total. The molecule has 0 fully saturated rings. The molecule has 24 heavy (non-hydrogen) atoms. The first kappa shape index (κ1) is 16.5. The molecule has 0 amide bonds. The number of hydrogen-bond donors (Lipinski definition) is 1. The number of ether oxygens (including phenoxy) is 1. The summed E-state index contributed by atoms with van der Waals surface area (Å²) >= 11 is 7.61. The third-order valence-corrected chi connectivity index (χ3v) is 4.82. The Labute approximate surface area is 148 Å². The third-order valence-electron chi connectivity index (χ3n) is 3.57. The van der Waals surface area contributed by atoms with E-state index in [9.17, 15) is 4.79 Å². The lowest BCUT2D eigenvalue weighted by Gasteiger charge is -2.11. The van der Waals surface area contributed by atoms with Crippen molar-refractivity contribution >= 4 is 40.1 Å². The second kappa shape index (κ2) is 7.47. The number of nitrogens with zero attached hydrogens (tertiary/aromatic N) is 1. The molecule has 2 aromatic heterocycles. The minimum atomic E-state index is -0.385. The molecule has 1 aromatic carbocycles. The largest absolute Gasteiger partial charge is 0.457 e. The minimum absolute atomic E-state index is 0.129. The highest BCUT2D eigenvalue weighted by atomic mass is 35.5. The Morgan fingerprint density at radius 1 is 1.29 bits per heavy atom. The zero-order chi connectivity index (χ0) is 16.9. The topological polar surface area (TPSA) is 55.0 Å². The number of halogens is 1. The summed E-state index contributed by atoms with van der Waals surface area (Å²) in [7, 11) is 0. The fourth-order valence-electron chi connectivity index (χ4n) is 2.29. The number of benzene rings is 1. The molecule has 0 unspecified atom stereocenters. The highest BCUT2D eigenvalue weighted by molar-refractivity contribution is 7.11. The lowest BCUT2D eigenvalue weighted by molar-refractivity contribution is -0.137. The van der Waals surface area contributed by atoms with Crippen molar-refractivity contribution in [1.82, 2.24) is 9.97 Å². The van der Waals surface area contributed by atoms with Gasteiger partial charge in [-0.25, -0.2) is 9.78 Å². The number of carbonyl (C=O) groups excluding carboxylic acids is 1. The van der Waals surface area contributed by atoms with Gasteiger partial charge in [-0.2, -0.15) is 0 Å². The van der Waals surface area contributed by atoms with Crippen LogP contribution in [0.25, 0.3) is 11.1 Å². The fourth-order valence-corrected chi connectivity index (χ4v) is 3.29. The molecule has 2 heterocycles. The van der Waals surface area contributed by atoms with Gasteiger partial charge >= 0.3 is 5.97 Å². The van der Waals surface area contributed by atoms with Crippen LogP contribution in [0.3, 0.4) is 0 Å². The van der Waals surface area contributed by atoms with Gasteiger partial charge in [0.2, 0.25) is 0 Å². The molecule has 0 aliphatic heterocycles. The van der Waals surface area contributed by atoms with Gasteiger partial charge in [-0.1, -0.05) is 35.9 Å². The number of carbonyl (C=O) groups is 1. The molecule has 0 saturated heterocycles. The number of thiophene rings is 1. The molecule has 0 atom stereocenters. The quantitative estimate of drug-likeness (QED) is 0.526. The Bertz CT molecular complexity index is 855. The van der Waals surface area contributed by atoms with E-state index in [1.165, 1.54) is 11.3 Å². The maximum Gasteiger partial charge on any atom is 0.340 e. The number of rotatable bonds is 5. The normalized spacial score (nSPS) is 11.9. The van der Waals surface area contributed by atoms with Crippen LogP contribution >= 0.6 is 22.9 Å². The Morgan fingerprint density at radius 2 is 2.12 bits per heavy atom. The summed E-state index contributed by atoms with van der Waals surface area (Å²) in [4.78, 5) is 20.6. The van der Waals surface area contributed by atoms with Gasteiger partial charge in [-0.05, 0) is 30.0 Å². The van der Waals surface area contributed by atoms with E-state index in [1.54, 1.807) is 18.6 Å². The SMILES string of the molecule is CC(=C(C(=O)OCc1ccccc1Cl)c1cccs1)c1cnc[nH]1. The van der Waals surface area contributed by atoms with Gasteiger partial charge < -0.3 is 9.72 Å². The Hall–Kier alpha value is -2.37. The molecule has 0 bridgehead atoms. The van der Waals surface area contributed by atoms with Crippen LogP contribution in [0.4, 0.5) is 0 Å². The smallest absolute Gasteiger partial charge is 0.340 e. The van der Waals surface area contributed by atoms with Crippen molar-refractivity contribution in [3.63, 3.8) is 0 Å². The average molecular weight is 359 g/mol. The van der Waals surface area contributed by atoms with Crippen molar-refractivity contribution < 1.29 is 9.53 Å². The maximum atomic E-state index is 12.7. The van der Waals surface area contributed by atoms with E-state index in [0.29, 0.717) is 10.6 Å². The minimum Gasteiger partial charge on any atom is -0.457 e.